The van der Waals surface area contributed by atoms with Crippen LogP contribution in [0.1, 0.15) is 19.2 Å². The van der Waals surface area contributed by atoms with Gasteiger partial charge in [-0.15, -0.1) is 0 Å². The Bertz CT molecular complexity index is 1050. The summed E-state index contributed by atoms with van der Waals surface area (Å²) in [5.74, 6) is -1.37. The van der Waals surface area contributed by atoms with Crippen LogP contribution in [0.15, 0.2) is 59.1 Å². The molecule has 0 fully saturated rings. The van der Waals surface area contributed by atoms with Gasteiger partial charge in [0.05, 0.1) is 6.42 Å². The number of amides is 3. The number of para-hydroxylation sites is 1. The number of ether oxygens (including phenoxy) is 1. The molecule has 0 aliphatic carbocycles. The van der Waals surface area contributed by atoms with E-state index in [0.717, 1.165) is 0 Å². The van der Waals surface area contributed by atoms with Crippen molar-refractivity contribution in [1.82, 2.24) is 15.5 Å². The highest BCUT2D eigenvalue weighted by atomic mass is 19.1. The first kappa shape index (κ1) is 21.6. The number of nitrogens with zero attached hydrogens (tertiary/aromatic N) is 2. The van der Waals surface area contributed by atoms with E-state index < -0.39 is 24.0 Å². The number of hydrogen-bond acceptors (Lipinski definition) is 7. The Labute approximate surface area is 176 Å². The third kappa shape index (κ3) is 6.46. The smallest absolute Gasteiger partial charge is 0.325 e. The lowest BCUT2D eigenvalue weighted by atomic mass is 10.2. The van der Waals surface area contributed by atoms with Crippen molar-refractivity contribution in [2.45, 2.75) is 25.9 Å². The van der Waals surface area contributed by atoms with Gasteiger partial charge in [0.1, 0.15) is 5.82 Å². The minimum Gasteiger partial charge on any atom is -0.453 e. The fraction of sp³-hybridized carbons (Fsp3) is 0.190. The van der Waals surface area contributed by atoms with Gasteiger partial charge in [-0.25, -0.2) is 9.18 Å². The van der Waals surface area contributed by atoms with Gasteiger partial charge in [0, 0.05) is 17.7 Å². The SMILES string of the molecule is CC(OC(=O)CCc1nc(-c2ccc(F)cc2)no1)C(=O)NC(=O)Nc1ccccc1. The van der Waals surface area contributed by atoms with Gasteiger partial charge < -0.3 is 14.6 Å². The van der Waals surface area contributed by atoms with Crippen LogP contribution >= 0.6 is 0 Å². The van der Waals surface area contributed by atoms with E-state index >= 15 is 0 Å². The molecule has 0 saturated carbocycles. The highest BCUT2D eigenvalue weighted by molar-refractivity contribution is 6.02. The van der Waals surface area contributed by atoms with Crippen LogP contribution in [-0.2, 0) is 20.7 Å². The normalized spacial score (nSPS) is 11.4. The number of hydrogen-bond donors (Lipinski definition) is 2. The minimum absolute atomic E-state index is 0.0931. The number of carbonyl (C=O) groups excluding carboxylic acids is 3. The van der Waals surface area contributed by atoms with Crippen molar-refractivity contribution in [3.63, 3.8) is 0 Å². The largest absolute Gasteiger partial charge is 0.453 e. The molecule has 2 N–H and O–H groups in total. The number of urea groups is 1. The van der Waals surface area contributed by atoms with Gasteiger partial charge in [0.2, 0.25) is 11.7 Å². The fourth-order valence-corrected chi connectivity index (χ4v) is 2.49. The average Bonchev–Trinajstić information content (AvgIpc) is 3.22. The van der Waals surface area contributed by atoms with Crippen LogP contribution in [0, 0.1) is 5.82 Å². The van der Waals surface area contributed by atoms with E-state index in [2.05, 4.69) is 20.8 Å². The molecule has 3 rings (SSSR count). The highest BCUT2D eigenvalue weighted by Gasteiger charge is 2.20. The molecule has 0 aliphatic heterocycles. The molecule has 3 aromatic rings. The lowest BCUT2D eigenvalue weighted by molar-refractivity contribution is -0.154. The van der Waals surface area contributed by atoms with E-state index in [0.29, 0.717) is 11.3 Å². The summed E-state index contributed by atoms with van der Waals surface area (Å²) in [6, 6.07) is 13.4. The van der Waals surface area contributed by atoms with Crippen molar-refractivity contribution in [3.8, 4) is 11.4 Å². The van der Waals surface area contributed by atoms with Gasteiger partial charge in [0.25, 0.3) is 5.91 Å². The first-order valence-electron chi connectivity index (χ1n) is 9.35. The van der Waals surface area contributed by atoms with Gasteiger partial charge in [-0.05, 0) is 43.3 Å². The maximum absolute atomic E-state index is 13.0. The second-order valence-electron chi connectivity index (χ2n) is 6.46. The summed E-state index contributed by atoms with van der Waals surface area (Å²) in [7, 11) is 0. The van der Waals surface area contributed by atoms with Crippen molar-refractivity contribution < 1.29 is 28.0 Å². The number of rotatable bonds is 7. The zero-order valence-electron chi connectivity index (χ0n) is 16.5. The van der Waals surface area contributed by atoms with Crippen LogP contribution in [0.4, 0.5) is 14.9 Å². The molecule has 9 nitrogen and oxygen atoms in total. The Morgan fingerprint density at radius 2 is 1.81 bits per heavy atom. The van der Waals surface area contributed by atoms with Crippen LogP contribution in [0.3, 0.4) is 0 Å². The second kappa shape index (κ2) is 10.1. The summed E-state index contributed by atoms with van der Waals surface area (Å²) in [5, 5.41) is 8.37. The maximum atomic E-state index is 13.0. The minimum atomic E-state index is -1.17. The molecule has 1 atom stereocenters. The summed E-state index contributed by atoms with van der Waals surface area (Å²) in [5.41, 5.74) is 1.08. The summed E-state index contributed by atoms with van der Waals surface area (Å²) < 4.78 is 23.1. The Hall–Kier alpha value is -4.08. The molecule has 1 heterocycles. The molecule has 0 saturated heterocycles. The number of esters is 1. The third-order valence-electron chi connectivity index (χ3n) is 4.06. The fourth-order valence-electron chi connectivity index (χ4n) is 2.49. The van der Waals surface area contributed by atoms with Crippen molar-refractivity contribution >= 4 is 23.6 Å². The number of aromatic nitrogens is 2. The molecule has 0 aliphatic rings. The van der Waals surface area contributed by atoms with Crippen LogP contribution in [0.5, 0.6) is 0 Å². The van der Waals surface area contributed by atoms with E-state index in [1.807, 2.05) is 0 Å². The molecule has 0 bridgehead atoms. The van der Waals surface area contributed by atoms with E-state index in [-0.39, 0.29) is 30.4 Å². The molecular formula is C21H19FN4O5. The number of halogens is 1. The molecule has 2 aromatic carbocycles. The number of aryl methyl sites for hydroxylation is 1. The predicted octanol–water partition coefficient (Wildman–Crippen LogP) is 3.09. The number of imide groups is 1. The van der Waals surface area contributed by atoms with Crippen molar-refractivity contribution in [2.24, 2.45) is 0 Å². The van der Waals surface area contributed by atoms with Crippen LogP contribution in [-0.4, -0.2) is 34.2 Å². The molecule has 31 heavy (non-hydrogen) atoms. The summed E-state index contributed by atoms with van der Waals surface area (Å²) in [6.07, 6.45) is -1.19. The topological polar surface area (TPSA) is 123 Å². The Morgan fingerprint density at radius 3 is 2.52 bits per heavy atom. The summed E-state index contributed by atoms with van der Waals surface area (Å²) in [4.78, 5) is 40.0. The van der Waals surface area contributed by atoms with Crippen LogP contribution in [0.2, 0.25) is 0 Å². The Kier molecular flexibility index (Phi) is 7.05. The van der Waals surface area contributed by atoms with E-state index in [9.17, 15) is 18.8 Å². The predicted molar refractivity (Wildman–Crippen MR) is 107 cm³/mol. The summed E-state index contributed by atoms with van der Waals surface area (Å²) >= 11 is 0. The molecular weight excluding hydrogens is 407 g/mol. The first-order valence-corrected chi connectivity index (χ1v) is 9.35. The van der Waals surface area contributed by atoms with Crippen molar-refractivity contribution in [3.05, 3.63) is 66.3 Å². The molecule has 0 spiro atoms. The zero-order valence-corrected chi connectivity index (χ0v) is 16.5. The third-order valence-corrected chi connectivity index (χ3v) is 4.06. The first-order chi connectivity index (χ1) is 14.9. The van der Waals surface area contributed by atoms with Gasteiger partial charge in [-0.1, -0.05) is 23.4 Å². The Morgan fingerprint density at radius 1 is 1.10 bits per heavy atom. The lowest BCUT2D eigenvalue weighted by Crippen LogP contribution is -2.41. The van der Waals surface area contributed by atoms with Crippen molar-refractivity contribution in [1.29, 1.82) is 0 Å². The van der Waals surface area contributed by atoms with Crippen LogP contribution in [0.25, 0.3) is 11.4 Å². The van der Waals surface area contributed by atoms with Gasteiger partial charge in [0.15, 0.2) is 6.10 Å². The monoisotopic (exact) mass is 426 g/mol. The summed E-state index contributed by atoms with van der Waals surface area (Å²) in [6.45, 7) is 1.35. The lowest BCUT2D eigenvalue weighted by Gasteiger charge is -2.13. The number of anilines is 1. The number of carbonyl (C=O) groups is 3. The number of nitrogens with one attached hydrogen (secondary N) is 2. The average molecular weight is 426 g/mol. The standard InChI is InChI=1S/C21H19FN4O5/c1-13(20(28)25-21(29)23-16-5-3-2-4-6-16)30-18(27)12-11-17-24-19(26-31-17)14-7-9-15(22)10-8-14/h2-10,13H,11-12H2,1H3,(H2,23,25,28,29). The Balaban J connectivity index is 1.43. The molecule has 160 valence electrons. The van der Waals surface area contributed by atoms with Crippen LogP contribution < -0.4 is 10.6 Å². The van der Waals surface area contributed by atoms with E-state index in [1.54, 1.807) is 30.3 Å². The molecule has 1 aromatic heterocycles. The second-order valence-corrected chi connectivity index (χ2v) is 6.46. The van der Waals surface area contributed by atoms with Gasteiger partial charge in [-0.3, -0.25) is 14.9 Å². The van der Waals surface area contributed by atoms with Gasteiger partial charge in [-0.2, -0.15) is 4.98 Å². The molecule has 0 radical (unpaired) electrons. The van der Waals surface area contributed by atoms with Crippen molar-refractivity contribution in [2.75, 3.05) is 5.32 Å². The van der Waals surface area contributed by atoms with E-state index in [1.165, 1.54) is 31.2 Å². The highest BCUT2D eigenvalue weighted by Crippen LogP contribution is 2.16. The molecule has 3 amide bonds. The van der Waals surface area contributed by atoms with Gasteiger partial charge >= 0.3 is 12.0 Å². The molecule has 1 unspecified atom stereocenters. The molecule has 10 heteroatoms. The zero-order chi connectivity index (χ0) is 22.2. The maximum Gasteiger partial charge on any atom is 0.325 e. The van der Waals surface area contributed by atoms with E-state index in [4.69, 9.17) is 9.26 Å². The quantitative estimate of drug-likeness (QED) is 0.557. The number of benzene rings is 2.